The molecule has 2 aromatic rings. The molecule has 38 heavy (non-hydrogen) atoms. The van der Waals surface area contributed by atoms with Crippen molar-refractivity contribution in [3.8, 4) is 0 Å². The Morgan fingerprint density at radius 2 is 1.63 bits per heavy atom. The molecule has 0 heterocycles. The van der Waals surface area contributed by atoms with Crippen LogP contribution in [0.4, 0.5) is 8.78 Å². The number of aliphatic hydroxyl groups is 1. The van der Waals surface area contributed by atoms with E-state index in [1.54, 1.807) is 0 Å². The Kier molecular flexibility index (Phi) is 12.2. The summed E-state index contributed by atoms with van der Waals surface area (Å²) in [4.78, 5) is 24.9. The number of benzene rings is 2. The van der Waals surface area contributed by atoms with Gasteiger partial charge in [-0.25, -0.2) is 8.78 Å². The van der Waals surface area contributed by atoms with E-state index in [1.807, 2.05) is 12.1 Å². The summed E-state index contributed by atoms with van der Waals surface area (Å²) in [5, 5.41) is 20.0. The highest BCUT2D eigenvalue weighted by Gasteiger charge is 2.23. The zero-order valence-corrected chi connectivity index (χ0v) is 22.3. The molecule has 0 radical (unpaired) electrons. The van der Waals surface area contributed by atoms with Crippen LogP contribution in [0.5, 0.6) is 0 Å². The van der Waals surface area contributed by atoms with Crippen LogP contribution >= 0.6 is 0 Å². The van der Waals surface area contributed by atoms with Crippen molar-refractivity contribution in [2.45, 2.75) is 95.9 Å². The normalized spacial score (nSPS) is 15.6. The van der Waals surface area contributed by atoms with E-state index in [2.05, 4.69) is 35.0 Å². The summed E-state index contributed by atoms with van der Waals surface area (Å²) in [6.07, 6.45) is 6.24. The molecule has 0 aliphatic heterocycles. The number of halogens is 2. The van der Waals surface area contributed by atoms with Crippen molar-refractivity contribution in [3.63, 3.8) is 0 Å². The molecule has 2 amide bonds. The molecular weight excluding hydrogens is 488 g/mol. The topological polar surface area (TPSA) is 90.5 Å². The Hall–Kier alpha value is -2.84. The molecule has 0 bridgehead atoms. The van der Waals surface area contributed by atoms with Crippen molar-refractivity contribution in [1.29, 1.82) is 0 Å². The quantitative estimate of drug-likeness (QED) is 0.293. The molecule has 0 aromatic heterocycles. The average molecular weight is 530 g/mol. The summed E-state index contributed by atoms with van der Waals surface area (Å²) >= 11 is 0. The average Bonchev–Trinajstić information content (AvgIpc) is 2.88. The predicted octanol–water partition coefficient (Wildman–Crippen LogP) is 4.32. The number of rotatable bonds is 14. The number of aryl methyl sites for hydroxylation is 1. The van der Waals surface area contributed by atoms with E-state index in [0.717, 1.165) is 43.7 Å². The monoisotopic (exact) mass is 529 g/mol. The number of hydrogen-bond acceptors (Lipinski definition) is 4. The van der Waals surface area contributed by atoms with E-state index in [0.29, 0.717) is 18.5 Å². The molecule has 3 rings (SSSR count). The van der Waals surface area contributed by atoms with Gasteiger partial charge < -0.3 is 21.1 Å². The molecule has 6 nitrogen and oxygen atoms in total. The van der Waals surface area contributed by atoms with E-state index < -0.39 is 23.8 Å². The maximum absolute atomic E-state index is 13.8. The summed E-state index contributed by atoms with van der Waals surface area (Å²) in [6.45, 7) is 2.81. The van der Waals surface area contributed by atoms with Crippen LogP contribution in [0.2, 0.25) is 0 Å². The molecule has 2 aromatic carbocycles. The van der Waals surface area contributed by atoms with Crippen molar-refractivity contribution < 1.29 is 23.5 Å². The summed E-state index contributed by atoms with van der Waals surface area (Å²) in [7, 11) is 0. The van der Waals surface area contributed by atoms with Gasteiger partial charge in [-0.3, -0.25) is 9.59 Å². The van der Waals surface area contributed by atoms with Gasteiger partial charge in [0.05, 0.1) is 12.1 Å². The van der Waals surface area contributed by atoms with Crippen LogP contribution in [-0.2, 0) is 29.0 Å². The summed E-state index contributed by atoms with van der Waals surface area (Å²) in [5.74, 6) is -1.78. The number of aliphatic hydroxyl groups excluding tert-OH is 1. The number of amides is 2. The Labute approximate surface area is 224 Å². The molecule has 0 spiro atoms. The first-order chi connectivity index (χ1) is 18.3. The van der Waals surface area contributed by atoms with E-state index in [4.69, 9.17) is 0 Å². The molecule has 1 fully saturated rings. The van der Waals surface area contributed by atoms with Gasteiger partial charge in [-0.1, -0.05) is 50.5 Å². The maximum Gasteiger partial charge on any atom is 0.220 e. The van der Waals surface area contributed by atoms with Gasteiger partial charge >= 0.3 is 0 Å². The lowest BCUT2D eigenvalue weighted by atomic mass is 9.95. The summed E-state index contributed by atoms with van der Waals surface area (Å²) < 4.78 is 27.5. The van der Waals surface area contributed by atoms with Crippen molar-refractivity contribution in [2.75, 3.05) is 6.54 Å². The minimum atomic E-state index is -0.991. The molecule has 2 atom stereocenters. The van der Waals surface area contributed by atoms with E-state index >= 15 is 0 Å². The lowest BCUT2D eigenvalue weighted by Crippen LogP contribution is -2.48. The highest BCUT2D eigenvalue weighted by molar-refractivity contribution is 5.79. The molecule has 1 saturated carbocycles. The van der Waals surface area contributed by atoms with E-state index in [1.165, 1.54) is 24.1 Å². The van der Waals surface area contributed by atoms with Crippen LogP contribution in [0.3, 0.4) is 0 Å². The molecule has 8 heteroatoms. The first kappa shape index (κ1) is 29.7. The third kappa shape index (κ3) is 10.5. The lowest BCUT2D eigenvalue weighted by Gasteiger charge is -2.25. The van der Waals surface area contributed by atoms with Crippen molar-refractivity contribution in [1.82, 2.24) is 16.0 Å². The second-order valence-corrected chi connectivity index (χ2v) is 10.3. The lowest BCUT2D eigenvalue weighted by molar-refractivity contribution is -0.123. The Balaban J connectivity index is 1.52. The minimum absolute atomic E-state index is 0.0483. The molecule has 0 unspecified atom stereocenters. The third-order valence-corrected chi connectivity index (χ3v) is 7.05. The highest BCUT2D eigenvalue weighted by Crippen LogP contribution is 2.18. The van der Waals surface area contributed by atoms with Gasteiger partial charge in [0.1, 0.15) is 11.6 Å². The van der Waals surface area contributed by atoms with E-state index in [-0.39, 0.29) is 43.7 Å². The van der Waals surface area contributed by atoms with Crippen LogP contribution in [0.1, 0.15) is 75.0 Å². The SMILES string of the molecule is CCc1cccc(CNC[C@@H](O)[C@H](Cc2cc(F)cc(F)c2)NC(=O)CCCC(=O)NC2CCCCC2)c1. The maximum atomic E-state index is 13.8. The zero-order chi connectivity index (χ0) is 27.3. The fourth-order valence-corrected chi connectivity index (χ4v) is 4.97. The molecule has 0 saturated heterocycles. The summed E-state index contributed by atoms with van der Waals surface area (Å²) in [6, 6.07) is 10.8. The number of carbonyl (C=O) groups is 2. The Bertz CT molecular complexity index is 1020. The largest absolute Gasteiger partial charge is 0.390 e. The van der Waals surface area contributed by atoms with Crippen LogP contribution in [0.15, 0.2) is 42.5 Å². The Morgan fingerprint density at radius 1 is 0.947 bits per heavy atom. The smallest absolute Gasteiger partial charge is 0.220 e. The summed E-state index contributed by atoms with van der Waals surface area (Å²) in [5.41, 5.74) is 2.64. The third-order valence-electron chi connectivity index (χ3n) is 7.05. The number of carbonyl (C=O) groups excluding carboxylic acids is 2. The highest BCUT2D eigenvalue weighted by atomic mass is 19.1. The molecule has 1 aliphatic rings. The number of hydrogen-bond donors (Lipinski definition) is 4. The van der Waals surface area contributed by atoms with Gasteiger partial charge in [-0.2, -0.15) is 0 Å². The fourth-order valence-electron chi connectivity index (χ4n) is 4.97. The predicted molar refractivity (Wildman–Crippen MR) is 144 cm³/mol. The van der Waals surface area contributed by atoms with Crippen LogP contribution in [0, 0.1) is 11.6 Å². The van der Waals surface area contributed by atoms with Gasteiger partial charge in [-0.15, -0.1) is 0 Å². The first-order valence-corrected chi connectivity index (χ1v) is 13.8. The van der Waals surface area contributed by atoms with Gasteiger partial charge in [0.25, 0.3) is 0 Å². The second kappa shape index (κ2) is 15.5. The van der Waals surface area contributed by atoms with Crippen molar-refractivity contribution in [2.24, 2.45) is 0 Å². The second-order valence-electron chi connectivity index (χ2n) is 10.3. The van der Waals surface area contributed by atoms with Gasteiger partial charge in [0, 0.05) is 38.0 Å². The standard InChI is InChI=1S/C30H41F2N3O3/c1-2-21-8-6-9-22(14-21)19-33-20-28(36)27(17-23-15-24(31)18-25(32)16-23)35-30(38)13-7-12-29(37)34-26-10-4-3-5-11-26/h6,8-9,14-16,18,26-28,33,36H,2-5,7,10-13,17,19-20H2,1H3,(H,34,37)(H,35,38)/t27-,28+/m0/s1. The number of nitrogens with one attached hydrogen (secondary N) is 3. The van der Waals surface area contributed by atoms with Crippen LogP contribution in [-0.4, -0.2) is 41.7 Å². The first-order valence-electron chi connectivity index (χ1n) is 13.8. The van der Waals surface area contributed by atoms with Gasteiger partial charge in [0.15, 0.2) is 0 Å². The minimum Gasteiger partial charge on any atom is -0.390 e. The molecule has 208 valence electrons. The molecule has 1 aliphatic carbocycles. The van der Waals surface area contributed by atoms with Gasteiger partial charge in [0.2, 0.25) is 11.8 Å². The van der Waals surface area contributed by atoms with Crippen LogP contribution < -0.4 is 16.0 Å². The molecule has 4 N–H and O–H groups in total. The zero-order valence-electron chi connectivity index (χ0n) is 22.3. The fraction of sp³-hybridized carbons (Fsp3) is 0.533. The van der Waals surface area contributed by atoms with Crippen molar-refractivity contribution >= 4 is 11.8 Å². The van der Waals surface area contributed by atoms with Crippen molar-refractivity contribution in [3.05, 3.63) is 70.8 Å². The Morgan fingerprint density at radius 3 is 2.34 bits per heavy atom. The van der Waals surface area contributed by atoms with Crippen LogP contribution in [0.25, 0.3) is 0 Å². The van der Waals surface area contributed by atoms with E-state index in [9.17, 15) is 23.5 Å². The molecular formula is C30H41F2N3O3. The van der Waals surface area contributed by atoms with Gasteiger partial charge in [-0.05, 0) is 60.9 Å².